The van der Waals surface area contributed by atoms with Crippen molar-refractivity contribution in [3.8, 4) is 11.1 Å². The fourth-order valence-electron chi connectivity index (χ4n) is 3.63. The van der Waals surface area contributed by atoms with Crippen LogP contribution >= 0.6 is 0 Å². The number of halogens is 1. The number of nitrogens with zero attached hydrogens (tertiary/aromatic N) is 1. The van der Waals surface area contributed by atoms with E-state index in [2.05, 4.69) is 0 Å². The van der Waals surface area contributed by atoms with E-state index in [1.807, 2.05) is 24.3 Å². The van der Waals surface area contributed by atoms with Crippen LogP contribution in [0.2, 0.25) is 0 Å². The van der Waals surface area contributed by atoms with Crippen LogP contribution in [-0.4, -0.2) is 21.2 Å². The summed E-state index contributed by atoms with van der Waals surface area (Å²) in [4.78, 5) is 15.7. The van der Waals surface area contributed by atoms with Crippen LogP contribution in [-0.2, 0) is 11.2 Å². The molecule has 2 aromatic carbocycles. The van der Waals surface area contributed by atoms with Gasteiger partial charge < -0.3 is 10.2 Å². The first-order valence-electron chi connectivity index (χ1n) is 9.33. The number of benzene rings is 2. The molecule has 142 valence electrons. The molecular weight excluding hydrogens is 357 g/mol. The Hall–Kier alpha value is -3.21. The first-order valence-corrected chi connectivity index (χ1v) is 9.33. The summed E-state index contributed by atoms with van der Waals surface area (Å²) in [5, 5.41) is 19.8. The fraction of sp³-hybridized carbons (Fsp3) is 0.217. The maximum Gasteiger partial charge on any atom is 0.331 e. The second-order valence-corrected chi connectivity index (χ2v) is 7.12. The number of carboxylic acid groups (broad SMARTS) is 1. The lowest BCUT2D eigenvalue weighted by atomic mass is 9.90. The number of hydrogen-bond acceptors (Lipinski definition) is 3. The first kappa shape index (κ1) is 18.2. The van der Waals surface area contributed by atoms with E-state index < -0.39 is 5.97 Å². The summed E-state index contributed by atoms with van der Waals surface area (Å²) in [6.45, 7) is 0. The Morgan fingerprint density at radius 2 is 1.82 bits per heavy atom. The molecule has 4 nitrogen and oxygen atoms in total. The minimum absolute atomic E-state index is 0.174. The van der Waals surface area contributed by atoms with Gasteiger partial charge in [0.15, 0.2) is 0 Å². The lowest BCUT2D eigenvalue weighted by molar-refractivity contribution is -0.131. The number of carbonyl (C=O) groups is 1. The maximum absolute atomic E-state index is 13.5. The highest BCUT2D eigenvalue weighted by molar-refractivity contribution is 5.96. The number of carboxylic acids is 1. The molecular formula is C23H20FNO3. The highest BCUT2D eigenvalue weighted by Gasteiger charge is 2.30. The second kappa shape index (κ2) is 7.43. The van der Waals surface area contributed by atoms with Gasteiger partial charge in [-0.25, -0.2) is 9.18 Å². The quantitative estimate of drug-likeness (QED) is 0.447. The number of aliphatic carboxylic acids is 1. The van der Waals surface area contributed by atoms with E-state index in [0.29, 0.717) is 12.3 Å². The number of allylic oxidation sites excluding steroid dienone is 1. The van der Waals surface area contributed by atoms with E-state index in [1.54, 1.807) is 12.1 Å². The molecule has 0 unspecified atom stereocenters. The molecule has 0 radical (unpaired) electrons. The van der Waals surface area contributed by atoms with Gasteiger partial charge >= 0.3 is 5.97 Å². The number of aromatic nitrogens is 1. The molecule has 4 rings (SSSR count). The van der Waals surface area contributed by atoms with Gasteiger partial charge in [0, 0.05) is 23.4 Å². The molecule has 1 fully saturated rings. The number of aliphatic hydroxyl groups excluding tert-OH is 1. The van der Waals surface area contributed by atoms with Crippen LogP contribution in [0.1, 0.15) is 36.4 Å². The largest absolute Gasteiger partial charge is 0.512 e. The third-order valence-electron chi connectivity index (χ3n) is 5.04. The summed E-state index contributed by atoms with van der Waals surface area (Å²) >= 11 is 0. The van der Waals surface area contributed by atoms with Crippen LogP contribution in [0.5, 0.6) is 0 Å². The van der Waals surface area contributed by atoms with E-state index >= 15 is 0 Å². The molecule has 5 heteroatoms. The molecule has 0 amide bonds. The minimum Gasteiger partial charge on any atom is -0.512 e. The van der Waals surface area contributed by atoms with Gasteiger partial charge in [-0.15, -0.1) is 0 Å². The zero-order chi connectivity index (χ0) is 19.7. The summed E-state index contributed by atoms with van der Waals surface area (Å²) in [5.74, 6) is -1.26. The fourth-order valence-corrected chi connectivity index (χ4v) is 3.63. The Balaban J connectivity index is 1.89. The van der Waals surface area contributed by atoms with Gasteiger partial charge in [0.1, 0.15) is 5.82 Å². The van der Waals surface area contributed by atoms with Crippen molar-refractivity contribution in [2.75, 3.05) is 0 Å². The number of para-hydroxylation sites is 1. The lowest BCUT2D eigenvalue weighted by Gasteiger charge is -2.18. The van der Waals surface area contributed by atoms with Crippen LogP contribution < -0.4 is 0 Å². The van der Waals surface area contributed by atoms with Crippen LogP contribution in [0.3, 0.4) is 0 Å². The summed E-state index contributed by atoms with van der Waals surface area (Å²) < 4.78 is 13.5. The zero-order valence-corrected chi connectivity index (χ0v) is 15.2. The van der Waals surface area contributed by atoms with Crippen molar-refractivity contribution >= 4 is 16.9 Å². The van der Waals surface area contributed by atoms with Crippen molar-refractivity contribution < 1.29 is 19.4 Å². The molecule has 0 atom stereocenters. The van der Waals surface area contributed by atoms with E-state index in [0.717, 1.165) is 52.2 Å². The molecule has 2 N–H and O–H groups in total. The molecule has 1 saturated carbocycles. The molecule has 0 saturated heterocycles. The number of fused-ring (bicyclic) bond motifs is 1. The van der Waals surface area contributed by atoms with Gasteiger partial charge in [-0.1, -0.05) is 30.3 Å². The van der Waals surface area contributed by atoms with E-state index in [9.17, 15) is 14.3 Å². The Morgan fingerprint density at radius 3 is 2.50 bits per heavy atom. The molecule has 0 aliphatic heterocycles. The van der Waals surface area contributed by atoms with Gasteiger partial charge in [-0.05, 0) is 54.2 Å². The monoisotopic (exact) mass is 377 g/mol. The normalized spacial score (nSPS) is 14.4. The number of pyridine rings is 1. The van der Waals surface area contributed by atoms with Crippen molar-refractivity contribution in [2.24, 2.45) is 0 Å². The van der Waals surface area contributed by atoms with Gasteiger partial charge in [-0.2, -0.15) is 0 Å². The second-order valence-electron chi connectivity index (χ2n) is 7.12. The maximum atomic E-state index is 13.5. The van der Waals surface area contributed by atoms with Crippen molar-refractivity contribution in [1.82, 2.24) is 4.98 Å². The Kier molecular flexibility index (Phi) is 4.82. The Labute approximate surface area is 162 Å². The molecule has 28 heavy (non-hydrogen) atoms. The molecule has 1 aliphatic rings. The SMILES string of the molecule is O=C(O)C=C(O)CCc1c(C2CC2)nc2ccccc2c1-c1ccc(F)cc1. The van der Waals surface area contributed by atoms with E-state index in [4.69, 9.17) is 10.1 Å². The average molecular weight is 377 g/mol. The first-order chi connectivity index (χ1) is 13.5. The summed E-state index contributed by atoms with van der Waals surface area (Å²) in [5.41, 5.74) is 4.76. The zero-order valence-electron chi connectivity index (χ0n) is 15.2. The predicted octanol–water partition coefficient (Wildman–Crippen LogP) is 5.38. The predicted molar refractivity (Wildman–Crippen MR) is 106 cm³/mol. The Bertz CT molecular complexity index is 1070. The molecule has 0 spiro atoms. The number of rotatable bonds is 6. The van der Waals surface area contributed by atoms with E-state index in [-0.39, 0.29) is 18.0 Å². The summed E-state index contributed by atoms with van der Waals surface area (Å²) in [6.07, 6.45) is 3.63. The van der Waals surface area contributed by atoms with E-state index in [1.165, 1.54) is 12.1 Å². The molecule has 1 heterocycles. The summed E-state index contributed by atoms with van der Waals surface area (Å²) in [6, 6.07) is 14.2. The molecule has 0 bridgehead atoms. The van der Waals surface area contributed by atoms with Crippen LogP contribution in [0.4, 0.5) is 4.39 Å². The smallest absolute Gasteiger partial charge is 0.331 e. The van der Waals surface area contributed by atoms with Gasteiger partial charge in [0.25, 0.3) is 0 Å². The third-order valence-corrected chi connectivity index (χ3v) is 5.04. The summed E-state index contributed by atoms with van der Waals surface area (Å²) in [7, 11) is 0. The van der Waals surface area contributed by atoms with Gasteiger partial charge in [-0.3, -0.25) is 4.98 Å². The molecule has 1 aliphatic carbocycles. The highest BCUT2D eigenvalue weighted by atomic mass is 19.1. The highest BCUT2D eigenvalue weighted by Crippen LogP contribution is 2.45. The topological polar surface area (TPSA) is 70.4 Å². The Morgan fingerprint density at radius 1 is 1.11 bits per heavy atom. The standard InChI is InChI=1S/C23H20FNO3/c24-16-9-7-14(8-10-16)22-18-3-1-2-4-20(18)25-23(15-5-6-15)19(22)12-11-17(26)13-21(27)28/h1-4,7-10,13,15,26H,5-6,11-12H2,(H,27,28). The van der Waals surface area contributed by atoms with Crippen molar-refractivity contribution in [3.63, 3.8) is 0 Å². The van der Waals surface area contributed by atoms with Crippen molar-refractivity contribution in [1.29, 1.82) is 0 Å². The van der Waals surface area contributed by atoms with Gasteiger partial charge in [0.2, 0.25) is 0 Å². The average Bonchev–Trinajstić information content (AvgIpc) is 3.51. The lowest BCUT2D eigenvalue weighted by Crippen LogP contribution is -2.03. The molecule has 1 aromatic heterocycles. The van der Waals surface area contributed by atoms with Crippen molar-refractivity contribution in [2.45, 2.75) is 31.6 Å². The van der Waals surface area contributed by atoms with Crippen molar-refractivity contribution in [3.05, 3.63) is 77.4 Å². The van der Waals surface area contributed by atoms with Crippen LogP contribution in [0.15, 0.2) is 60.4 Å². The molecule has 3 aromatic rings. The van der Waals surface area contributed by atoms with Gasteiger partial charge in [0.05, 0.1) is 17.4 Å². The third kappa shape index (κ3) is 3.74. The van der Waals surface area contributed by atoms with Crippen LogP contribution in [0.25, 0.3) is 22.0 Å². The minimum atomic E-state index is -1.17. The number of hydrogen-bond donors (Lipinski definition) is 2. The number of aliphatic hydroxyl groups is 1. The van der Waals surface area contributed by atoms with Crippen LogP contribution in [0, 0.1) is 5.82 Å².